The van der Waals surface area contributed by atoms with Gasteiger partial charge in [0.25, 0.3) is 11.8 Å². The molecule has 1 heterocycles. The third kappa shape index (κ3) is 10.9. The number of nitrogens with zero attached hydrogens (tertiary/aromatic N) is 1. The number of hydrogen-bond acceptors (Lipinski definition) is 9. The molecule has 0 aromatic rings. The van der Waals surface area contributed by atoms with Gasteiger partial charge in [0.05, 0.1) is 37.6 Å². The fourth-order valence-corrected chi connectivity index (χ4v) is 2.48. The fourth-order valence-electron chi connectivity index (χ4n) is 2.48. The zero-order valence-electron chi connectivity index (χ0n) is 18.7. The molecule has 0 saturated carbocycles. The number of carbonyl (C=O) groups is 3. The Hall–Kier alpha value is -1.75. The van der Waals surface area contributed by atoms with Crippen molar-refractivity contribution in [3.8, 4) is 0 Å². The van der Waals surface area contributed by atoms with Gasteiger partial charge >= 0.3 is 6.16 Å². The van der Waals surface area contributed by atoms with Crippen molar-refractivity contribution >= 4 is 18.0 Å². The molecule has 1 saturated heterocycles. The number of methoxy groups -OCH3 is 1. The smallest absolute Gasteiger partial charge is 0.430 e. The summed E-state index contributed by atoms with van der Waals surface area (Å²) in [6.45, 7) is 10.2. The summed E-state index contributed by atoms with van der Waals surface area (Å²) in [5.74, 6) is -1.11. The van der Waals surface area contributed by atoms with Gasteiger partial charge in [0.15, 0.2) is 0 Å². The van der Waals surface area contributed by atoms with Gasteiger partial charge in [-0.15, -0.1) is 0 Å². The summed E-state index contributed by atoms with van der Waals surface area (Å²) in [6, 6.07) is 0. The van der Waals surface area contributed by atoms with Crippen molar-refractivity contribution in [3.05, 3.63) is 0 Å². The van der Waals surface area contributed by atoms with Crippen LogP contribution in [0.5, 0.6) is 0 Å². The predicted octanol–water partition coefficient (Wildman–Crippen LogP) is 2.24. The molecule has 0 radical (unpaired) electrons. The van der Waals surface area contributed by atoms with E-state index in [1.165, 1.54) is 0 Å². The second-order valence-corrected chi connectivity index (χ2v) is 8.09. The summed E-state index contributed by atoms with van der Waals surface area (Å²) < 4.78 is 26.9. The molecule has 1 aliphatic heterocycles. The standard InChI is InChI=1S/C20H35NO9/c1-19(2,28-11-9-20(3,4)29-15-12-25-5)8-10-26-13-14-27-18(24)30-21-16(22)6-7-17(21)23/h6-15H2,1-5H3. The summed E-state index contributed by atoms with van der Waals surface area (Å²) in [6.07, 6.45) is 0.357. The zero-order chi connectivity index (χ0) is 22.6. The van der Waals surface area contributed by atoms with Crippen molar-refractivity contribution < 1.29 is 42.9 Å². The Labute approximate surface area is 178 Å². The van der Waals surface area contributed by atoms with Gasteiger partial charge in [0.2, 0.25) is 0 Å². The Morgan fingerprint density at radius 1 is 0.833 bits per heavy atom. The monoisotopic (exact) mass is 433 g/mol. The van der Waals surface area contributed by atoms with E-state index >= 15 is 0 Å². The number of ether oxygens (including phenoxy) is 5. The largest absolute Gasteiger partial charge is 0.534 e. The number of hydrogen-bond donors (Lipinski definition) is 0. The maximum Gasteiger partial charge on any atom is 0.534 e. The highest BCUT2D eigenvalue weighted by Gasteiger charge is 2.33. The Bertz CT molecular complexity index is 546. The van der Waals surface area contributed by atoms with E-state index in [1.807, 2.05) is 27.7 Å². The molecule has 2 amide bonds. The van der Waals surface area contributed by atoms with Gasteiger partial charge in [-0.1, -0.05) is 5.06 Å². The van der Waals surface area contributed by atoms with Gasteiger partial charge in [0, 0.05) is 26.6 Å². The predicted molar refractivity (Wildman–Crippen MR) is 106 cm³/mol. The molecular formula is C20H35NO9. The van der Waals surface area contributed by atoms with E-state index in [-0.39, 0.29) is 37.3 Å². The van der Waals surface area contributed by atoms with E-state index in [0.717, 1.165) is 6.42 Å². The highest BCUT2D eigenvalue weighted by Crippen LogP contribution is 2.19. The van der Waals surface area contributed by atoms with Crippen molar-refractivity contribution in [3.63, 3.8) is 0 Å². The molecule has 0 bridgehead atoms. The van der Waals surface area contributed by atoms with Gasteiger partial charge in [-0.25, -0.2) is 4.79 Å². The number of rotatable bonds is 15. The number of imide groups is 1. The third-order valence-corrected chi connectivity index (χ3v) is 4.44. The molecule has 10 heteroatoms. The number of amides is 2. The molecule has 0 aromatic heterocycles. The highest BCUT2D eigenvalue weighted by atomic mass is 16.8. The quantitative estimate of drug-likeness (QED) is 0.218. The van der Waals surface area contributed by atoms with Crippen LogP contribution in [0.3, 0.4) is 0 Å². The maximum atomic E-state index is 11.5. The van der Waals surface area contributed by atoms with Crippen molar-refractivity contribution in [1.82, 2.24) is 5.06 Å². The van der Waals surface area contributed by atoms with Crippen LogP contribution in [0.1, 0.15) is 53.4 Å². The summed E-state index contributed by atoms with van der Waals surface area (Å²) >= 11 is 0. The molecule has 1 rings (SSSR count). The minimum atomic E-state index is -1.11. The minimum Gasteiger partial charge on any atom is -0.430 e. The van der Waals surface area contributed by atoms with Crippen LogP contribution in [-0.2, 0) is 38.1 Å². The summed E-state index contributed by atoms with van der Waals surface area (Å²) in [5.41, 5.74) is -0.666. The first-order valence-corrected chi connectivity index (χ1v) is 10.1. The number of carbonyl (C=O) groups excluding carboxylic acids is 3. The highest BCUT2D eigenvalue weighted by molar-refractivity contribution is 6.01. The average Bonchev–Trinajstić information content (AvgIpc) is 2.96. The summed E-state index contributed by atoms with van der Waals surface area (Å²) in [4.78, 5) is 38.7. The van der Waals surface area contributed by atoms with Gasteiger partial charge in [-0.05, 0) is 40.5 Å². The van der Waals surface area contributed by atoms with Gasteiger partial charge in [-0.3, -0.25) is 14.4 Å². The first-order valence-electron chi connectivity index (χ1n) is 10.1. The normalized spacial score (nSPS) is 15.0. The van der Waals surface area contributed by atoms with E-state index in [1.54, 1.807) is 7.11 Å². The molecule has 0 aliphatic carbocycles. The second-order valence-electron chi connectivity index (χ2n) is 8.09. The lowest BCUT2D eigenvalue weighted by Gasteiger charge is -2.29. The van der Waals surface area contributed by atoms with E-state index in [2.05, 4.69) is 4.84 Å². The minimum absolute atomic E-state index is 0.0332. The van der Waals surface area contributed by atoms with Crippen LogP contribution < -0.4 is 0 Å². The van der Waals surface area contributed by atoms with E-state index in [4.69, 9.17) is 23.7 Å². The van der Waals surface area contributed by atoms with Crippen LogP contribution in [0, 0.1) is 0 Å². The van der Waals surface area contributed by atoms with Crippen molar-refractivity contribution in [2.24, 2.45) is 0 Å². The van der Waals surface area contributed by atoms with Crippen LogP contribution in [0.4, 0.5) is 4.79 Å². The van der Waals surface area contributed by atoms with Gasteiger partial charge < -0.3 is 23.7 Å². The Kier molecular flexibility index (Phi) is 11.2. The summed E-state index contributed by atoms with van der Waals surface area (Å²) in [7, 11) is 1.64. The van der Waals surface area contributed by atoms with E-state index < -0.39 is 18.0 Å². The second kappa shape index (κ2) is 12.8. The van der Waals surface area contributed by atoms with Crippen LogP contribution in [0.25, 0.3) is 0 Å². The molecule has 1 aliphatic rings. The molecule has 0 atom stereocenters. The molecule has 30 heavy (non-hydrogen) atoms. The van der Waals surface area contributed by atoms with E-state index in [9.17, 15) is 14.4 Å². The summed E-state index contributed by atoms with van der Waals surface area (Å²) in [5, 5.41) is 0.437. The van der Waals surface area contributed by atoms with Crippen molar-refractivity contribution in [1.29, 1.82) is 0 Å². The van der Waals surface area contributed by atoms with Crippen molar-refractivity contribution in [2.75, 3.05) is 46.8 Å². The lowest BCUT2D eigenvalue weighted by molar-refractivity contribution is -0.177. The average molecular weight is 433 g/mol. The molecule has 0 unspecified atom stereocenters. The third-order valence-electron chi connectivity index (χ3n) is 4.44. The molecule has 10 nitrogen and oxygen atoms in total. The van der Waals surface area contributed by atoms with Crippen LogP contribution in [0.15, 0.2) is 0 Å². The van der Waals surface area contributed by atoms with E-state index in [0.29, 0.717) is 37.9 Å². The SMILES string of the molecule is COCCOC(C)(C)CCOC(C)(C)CCOCCOC(=O)ON1C(=O)CCC1=O. The first kappa shape index (κ1) is 26.3. The molecule has 174 valence electrons. The molecular weight excluding hydrogens is 398 g/mol. The van der Waals surface area contributed by atoms with Gasteiger partial charge in [0.1, 0.15) is 6.61 Å². The van der Waals surface area contributed by atoms with Crippen molar-refractivity contribution in [2.45, 2.75) is 64.6 Å². The van der Waals surface area contributed by atoms with Crippen LogP contribution in [0.2, 0.25) is 0 Å². The zero-order valence-corrected chi connectivity index (χ0v) is 18.7. The van der Waals surface area contributed by atoms with Gasteiger partial charge in [-0.2, -0.15) is 0 Å². The Balaban J connectivity index is 2.09. The lowest BCUT2D eigenvalue weighted by atomic mass is 10.0. The maximum absolute atomic E-state index is 11.5. The van der Waals surface area contributed by atoms with Crippen LogP contribution in [-0.4, -0.2) is 81.0 Å². The Morgan fingerprint density at radius 3 is 2.00 bits per heavy atom. The fraction of sp³-hybridized carbons (Fsp3) is 0.850. The number of hydroxylamine groups is 2. The first-order chi connectivity index (χ1) is 14.1. The molecule has 0 aromatic carbocycles. The molecule has 0 N–H and O–H groups in total. The lowest BCUT2D eigenvalue weighted by Crippen LogP contribution is -2.33. The topological polar surface area (TPSA) is 110 Å². The molecule has 0 spiro atoms. The van der Waals surface area contributed by atoms with Crippen LogP contribution >= 0.6 is 0 Å². The Morgan fingerprint density at radius 2 is 1.40 bits per heavy atom. The molecule has 1 fully saturated rings.